The molecule has 8 heteroatoms. The lowest BCUT2D eigenvalue weighted by Crippen LogP contribution is -2.50. The van der Waals surface area contributed by atoms with E-state index in [-0.39, 0.29) is 24.3 Å². The van der Waals surface area contributed by atoms with Crippen LogP contribution in [0.2, 0.25) is 0 Å². The number of piperidine rings is 1. The second-order valence-electron chi connectivity index (χ2n) is 8.74. The number of likely N-dealkylation sites (tertiary alicyclic amines) is 1. The van der Waals surface area contributed by atoms with Gasteiger partial charge in [-0.15, -0.1) is 0 Å². The molecule has 178 valence electrons. The normalized spacial score (nSPS) is 18.5. The number of anilines is 1. The highest BCUT2D eigenvalue weighted by atomic mass is 16.2. The molecule has 0 spiro atoms. The Balaban J connectivity index is 1.46. The smallest absolute Gasteiger partial charge is 0.270 e. The van der Waals surface area contributed by atoms with Crippen molar-refractivity contribution < 1.29 is 14.4 Å². The van der Waals surface area contributed by atoms with Gasteiger partial charge in [-0.05, 0) is 43.5 Å². The molecule has 8 nitrogen and oxygen atoms in total. The van der Waals surface area contributed by atoms with Gasteiger partial charge in [-0.2, -0.15) is 5.10 Å². The first-order chi connectivity index (χ1) is 16.5. The lowest BCUT2D eigenvalue weighted by Gasteiger charge is -2.38. The maximum absolute atomic E-state index is 13.6. The minimum absolute atomic E-state index is 0.0211. The van der Waals surface area contributed by atoms with Crippen molar-refractivity contribution in [3.05, 3.63) is 66.2 Å². The molecule has 0 radical (unpaired) electrons. The topological polar surface area (TPSA) is 99.3 Å². The second-order valence-corrected chi connectivity index (χ2v) is 8.74. The number of rotatable bonds is 7. The minimum Gasteiger partial charge on any atom is -0.368 e. The van der Waals surface area contributed by atoms with E-state index in [4.69, 9.17) is 5.73 Å². The number of hydrogen-bond acceptors (Lipinski definition) is 5. The van der Waals surface area contributed by atoms with Crippen LogP contribution in [-0.4, -0.2) is 65.0 Å². The van der Waals surface area contributed by atoms with Gasteiger partial charge >= 0.3 is 0 Å². The van der Waals surface area contributed by atoms with Crippen LogP contribution in [0.3, 0.4) is 0 Å². The molecule has 34 heavy (non-hydrogen) atoms. The van der Waals surface area contributed by atoms with Crippen molar-refractivity contribution in [2.24, 2.45) is 10.8 Å². The van der Waals surface area contributed by atoms with Gasteiger partial charge in [0, 0.05) is 37.7 Å². The summed E-state index contributed by atoms with van der Waals surface area (Å²) in [6.45, 7) is 3.83. The highest BCUT2D eigenvalue weighted by molar-refractivity contribution is 6.40. The molecule has 2 aliphatic heterocycles. The van der Waals surface area contributed by atoms with E-state index in [1.54, 1.807) is 5.01 Å². The second kappa shape index (κ2) is 10.5. The Bertz CT molecular complexity index is 1050. The molecule has 4 rings (SSSR count). The number of hydrazone groups is 1. The van der Waals surface area contributed by atoms with Crippen LogP contribution in [0.4, 0.5) is 5.69 Å². The summed E-state index contributed by atoms with van der Waals surface area (Å²) in [5, 5.41) is 6.09. The summed E-state index contributed by atoms with van der Waals surface area (Å²) in [5.41, 5.74) is 7.40. The fourth-order valence-electron chi connectivity index (χ4n) is 4.68. The average molecular weight is 462 g/mol. The van der Waals surface area contributed by atoms with Crippen LogP contribution >= 0.6 is 0 Å². The van der Waals surface area contributed by atoms with E-state index in [2.05, 4.69) is 5.10 Å². The molecule has 1 saturated heterocycles. The van der Waals surface area contributed by atoms with E-state index in [1.165, 1.54) is 0 Å². The lowest BCUT2D eigenvalue weighted by atomic mass is 10.00. The summed E-state index contributed by atoms with van der Waals surface area (Å²) in [4.78, 5) is 42.2. The molecule has 0 aromatic heterocycles. The number of para-hydroxylation sites is 1. The highest BCUT2D eigenvalue weighted by Gasteiger charge is 2.38. The minimum atomic E-state index is -0.685. The number of primary amides is 1. The van der Waals surface area contributed by atoms with E-state index in [0.29, 0.717) is 43.8 Å². The Morgan fingerprint density at radius 2 is 1.62 bits per heavy atom. The van der Waals surface area contributed by atoms with Crippen LogP contribution < -0.4 is 10.7 Å². The molecule has 2 aromatic carbocycles. The van der Waals surface area contributed by atoms with E-state index in [9.17, 15) is 14.4 Å². The van der Waals surface area contributed by atoms with Crippen molar-refractivity contribution in [2.75, 3.05) is 24.6 Å². The van der Waals surface area contributed by atoms with Gasteiger partial charge in [-0.25, -0.2) is 0 Å². The van der Waals surface area contributed by atoms with Gasteiger partial charge in [-0.1, -0.05) is 43.3 Å². The molecular weight excluding hydrogens is 430 g/mol. The fourth-order valence-corrected chi connectivity index (χ4v) is 4.68. The SMILES string of the molecule is CCCN(C(=O)C1=NN(c2ccccc2)C(C(N)=O)C1)C1CCN(C(=O)c2ccccc2)CC1. The van der Waals surface area contributed by atoms with Crippen LogP contribution in [0.15, 0.2) is 65.8 Å². The largest absolute Gasteiger partial charge is 0.368 e. The molecular formula is C26H31N5O3. The maximum atomic E-state index is 13.6. The molecule has 2 heterocycles. The van der Waals surface area contributed by atoms with Gasteiger partial charge in [-0.3, -0.25) is 19.4 Å². The van der Waals surface area contributed by atoms with Crippen LogP contribution in [0.25, 0.3) is 0 Å². The van der Waals surface area contributed by atoms with Crippen molar-refractivity contribution in [1.82, 2.24) is 9.80 Å². The van der Waals surface area contributed by atoms with Crippen molar-refractivity contribution in [2.45, 2.75) is 44.7 Å². The molecule has 0 aliphatic carbocycles. The van der Waals surface area contributed by atoms with Gasteiger partial charge in [0.25, 0.3) is 11.8 Å². The monoisotopic (exact) mass is 461 g/mol. The van der Waals surface area contributed by atoms with Crippen LogP contribution in [0.5, 0.6) is 0 Å². The highest BCUT2D eigenvalue weighted by Crippen LogP contribution is 2.26. The van der Waals surface area contributed by atoms with Crippen molar-refractivity contribution >= 4 is 29.1 Å². The number of nitrogens with zero attached hydrogens (tertiary/aromatic N) is 4. The van der Waals surface area contributed by atoms with Gasteiger partial charge in [0.1, 0.15) is 11.8 Å². The van der Waals surface area contributed by atoms with Gasteiger partial charge in [0.05, 0.1) is 5.69 Å². The summed E-state index contributed by atoms with van der Waals surface area (Å²) >= 11 is 0. The number of benzene rings is 2. The molecule has 2 aliphatic rings. The molecule has 1 atom stereocenters. The van der Waals surface area contributed by atoms with Crippen LogP contribution in [0.1, 0.15) is 43.0 Å². The van der Waals surface area contributed by atoms with Gasteiger partial charge in [0.2, 0.25) is 5.91 Å². The van der Waals surface area contributed by atoms with Gasteiger partial charge in [0.15, 0.2) is 0 Å². The first-order valence-electron chi connectivity index (χ1n) is 11.9. The Morgan fingerprint density at radius 3 is 2.21 bits per heavy atom. The third kappa shape index (κ3) is 4.95. The van der Waals surface area contributed by atoms with Crippen LogP contribution in [-0.2, 0) is 9.59 Å². The predicted octanol–water partition coefficient (Wildman–Crippen LogP) is 2.65. The van der Waals surface area contributed by atoms with E-state index < -0.39 is 11.9 Å². The average Bonchev–Trinajstić information content (AvgIpc) is 3.34. The lowest BCUT2D eigenvalue weighted by molar-refractivity contribution is -0.127. The van der Waals surface area contributed by atoms with Crippen molar-refractivity contribution in [3.8, 4) is 0 Å². The Morgan fingerprint density at radius 1 is 1.00 bits per heavy atom. The number of hydrogen-bond donors (Lipinski definition) is 1. The van der Waals surface area contributed by atoms with Crippen molar-refractivity contribution in [3.63, 3.8) is 0 Å². The first-order valence-corrected chi connectivity index (χ1v) is 11.9. The first kappa shape index (κ1) is 23.5. The third-order valence-corrected chi connectivity index (χ3v) is 6.44. The molecule has 1 fully saturated rings. The maximum Gasteiger partial charge on any atom is 0.270 e. The van der Waals surface area contributed by atoms with Crippen molar-refractivity contribution in [1.29, 1.82) is 0 Å². The molecule has 2 N–H and O–H groups in total. The van der Waals surface area contributed by atoms with E-state index in [1.807, 2.05) is 77.4 Å². The zero-order valence-corrected chi connectivity index (χ0v) is 19.5. The quantitative estimate of drug-likeness (QED) is 0.685. The summed E-state index contributed by atoms with van der Waals surface area (Å²) in [7, 11) is 0. The summed E-state index contributed by atoms with van der Waals surface area (Å²) in [5.74, 6) is -0.639. The standard InChI is InChI=1S/C26H31N5O3/c1-2-15-30(20-13-16-29(17-14-20)25(33)19-9-5-3-6-10-19)26(34)22-18-23(24(27)32)31(28-22)21-11-7-4-8-12-21/h3-12,20,23H,2,13-18H2,1H3,(H2,27,32). The zero-order valence-electron chi connectivity index (χ0n) is 19.5. The summed E-state index contributed by atoms with van der Waals surface area (Å²) in [6, 6.07) is 17.9. The Labute approximate surface area is 200 Å². The predicted molar refractivity (Wildman–Crippen MR) is 131 cm³/mol. The van der Waals surface area contributed by atoms with Crippen LogP contribution in [0, 0.1) is 0 Å². The summed E-state index contributed by atoms with van der Waals surface area (Å²) < 4.78 is 0. The molecule has 0 bridgehead atoms. The Kier molecular flexibility index (Phi) is 7.25. The third-order valence-electron chi connectivity index (χ3n) is 6.44. The molecule has 3 amide bonds. The molecule has 2 aromatic rings. The Hall–Kier alpha value is -3.68. The van der Waals surface area contributed by atoms with E-state index in [0.717, 1.165) is 12.1 Å². The number of carbonyl (C=O) groups is 3. The molecule has 0 saturated carbocycles. The number of carbonyl (C=O) groups excluding carboxylic acids is 3. The van der Waals surface area contributed by atoms with E-state index >= 15 is 0 Å². The summed E-state index contributed by atoms with van der Waals surface area (Å²) in [6.07, 6.45) is 2.41. The number of amides is 3. The zero-order chi connectivity index (χ0) is 24.1. The molecule has 1 unspecified atom stereocenters. The number of nitrogens with two attached hydrogens (primary N) is 1. The van der Waals surface area contributed by atoms with Gasteiger partial charge < -0.3 is 15.5 Å². The fraction of sp³-hybridized carbons (Fsp3) is 0.385.